The molecule has 2 N–H and O–H groups in total. The number of nitrogens with one attached hydrogen (secondary N) is 2. The van der Waals surface area contributed by atoms with Gasteiger partial charge >= 0.3 is 6.03 Å². The van der Waals surface area contributed by atoms with E-state index in [2.05, 4.69) is 25.5 Å². The third-order valence-electron chi connectivity index (χ3n) is 3.93. The number of amides is 2. The lowest BCUT2D eigenvalue weighted by atomic mass is 10.3. The summed E-state index contributed by atoms with van der Waals surface area (Å²) in [5.74, 6) is 1.83. The topological polar surface area (TPSA) is 88.6 Å². The van der Waals surface area contributed by atoms with Crippen LogP contribution in [0.5, 0.6) is 11.5 Å². The van der Waals surface area contributed by atoms with Crippen LogP contribution >= 0.6 is 0 Å². The molecule has 0 spiro atoms. The van der Waals surface area contributed by atoms with Gasteiger partial charge < -0.3 is 25.0 Å². The Morgan fingerprint density at radius 2 is 1.64 bits per heavy atom. The number of aromatic nitrogens is 2. The summed E-state index contributed by atoms with van der Waals surface area (Å²) in [4.78, 5) is 22.9. The third kappa shape index (κ3) is 4.09. The van der Waals surface area contributed by atoms with E-state index in [-0.39, 0.29) is 6.03 Å². The lowest BCUT2D eigenvalue weighted by Gasteiger charge is -2.15. The fraction of sp³-hybridized carbons (Fsp3) is 0.353. The highest BCUT2D eigenvalue weighted by Gasteiger charge is 2.14. The van der Waals surface area contributed by atoms with Gasteiger partial charge in [-0.25, -0.2) is 14.8 Å². The van der Waals surface area contributed by atoms with E-state index in [1.807, 2.05) is 0 Å². The van der Waals surface area contributed by atoms with Crippen molar-refractivity contribution in [3.05, 3.63) is 30.6 Å². The van der Waals surface area contributed by atoms with E-state index < -0.39 is 0 Å². The molecule has 25 heavy (non-hydrogen) atoms. The van der Waals surface area contributed by atoms with Crippen molar-refractivity contribution in [2.24, 2.45) is 0 Å². The van der Waals surface area contributed by atoms with Gasteiger partial charge in [0.05, 0.1) is 32.3 Å². The number of hydrogen-bond donors (Lipinski definition) is 2. The first kappa shape index (κ1) is 16.8. The standard InChI is InChI=1S/C17H21N5O3/c1-24-14-6-5-12(9-15(14)25-2)20-17(23)21-13-10-18-16(19-11-13)22-7-3-4-8-22/h5-6,9-11H,3-4,7-8H2,1-2H3,(H2,20,21,23). The Hall–Kier alpha value is -3.03. The van der Waals surface area contributed by atoms with Crippen molar-refractivity contribution in [3.63, 3.8) is 0 Å². The average Bonchev–Trinajstić information content (AvgIpc) is 3.17. The predicted octanol–water partition coefficient (Wildman–Crippen LogP) is 2.74. The monoisotopic (exact) mass is 343 g/mol. The zero-order chi connectivity index (χ0) is 17.6. The van der Waals surface area contributed by atoms with Crippen LogP contribution in [-0.2, 0) is 0 Å². The first-order valence-electron chi connectivity index (χ1n) is 8.06. The number of urea groups is 1. The number of hydrogen-bond acceptors (Lipinski definition) is 6. The van der Waals surface area contributed by atoms with Crippen molar-refractivity contribution in [2.75, 3.05) is 42.8 Å². The molecule has 1 saturated heterocycles. The van der Waals surface area contributed by atoms with Crippen molar-refractivity contribution in [2.45, 2.75) is 12.8 Å². The molecule has 1 aromatic heterocycles. The summed E-state index contributed by atoms with van der Waals surface area (Å²) in [7, 11) is 3.10. The lowest BCUT2D eigenvalue weighted by molar-refractivity contribution is 0.262. The van der Waals surface area contributed by atoms with Gasteiger partial charge in [-0.1, -0.05) is 0 Å². The van der Waals surface area contributed by atoms with E-state index in [0.717, 1.165) is 25.9 Å². The molecule has 8 nitrogen and oxygen atoms in total. The van der Waals surface area contributed by atoms with Crippen LogP contribution in [0, 0.1) is 0 Å². The smallest absolute Gasteiger partial charge is 0.323 e. The first-order chi connectivity index (χ1) is 12.2. The van der Waals surface area contributed by atoms with Crippen molar-refractivity contribution in [1.29, 1.82) is 0 Å². The second-order valence-electron chi connectivity index (χ2n) is 5.61. The number of nitrogens with zero attached hydrogens (tertiary/aromatic N) is 3. The van der Waals surface area contributed by atoms with Crippen molar-refractivity contribution in [1.82, 2.24) is 9.97 Å². The average molecular weight is 343 g/mol. The molecular formula is C17H21N5O3. The molecule has 0 unspecified atom stereocenters. The zero-order valence-corrected chi connectivity index (χ0v) is 14.3. The molecule has 3 rings (SSSR count). The zero-order valence-electron chi connectivity index (χ0n) is 14.3. The Labute approximate surface area is 146 Å². The molecular weight excluding hydrogens is 322 g/mol. The van der Waals surface area contributed by atoms with Gasteiger partial charge in [0.15, 0.2) is 11.5 Å². The fourth-order valence-corrected chi connectivity index (χ4v) is 2.67. The maximum Gasteiger partial charge on any atom is 0.323 e. The van der Waals surface area contributed by atoms with Gasteiger partial charge in [-0.05, 0) is 25.0 Å². The molecule has 0 aliphatic carbocycles. The van der Waals surface area contributed by atoms with Gasteiger partial charge in [-0.15, -0.1) is 0 Å². The minimum Gasteiger partial charge on any atom is -0.493 e. The van der Waals surface area contributed by atoms with Crippen LogP contribution < -0.4 is 25.0 Å². The quantitative estimate of drug-likeness (QED) is 0.868. The number of carbonyl (C=O) groups excluding carboxylic acids is 1. The van der Waals surface area contributed by atoms with Crippen LogP contribution in [0.3, 0.4) is 0 Å². The highest BCUT2D eigenvalue weighted by atomic mass is 16.5. The number of carbonyl (C=O) groups is 1. The summed E-state index contributed by atoms with van der Waals surface area (Å²) in [6, 6.07) is 4.76. The molecule has 1 aliphatic rings. The largest absolute Gasteiger partial charge is 0.493 e. The Balaban J connectivity index is 1.60. The summed E-state index contributed by atoms with van der Waals surface area (Å²) in [5, 5.41) is 5.44. The SMILES string of the molecule is COc1ccc(NC(=O)Nc2cnc(N3CCCC3)nc2)cc1OC. The minimum absolute atomic E-state index is 0.384. The van der Waals surface area contributed by atoms with Gasteiger partial charge in [0.25, 0.3) is 0 Å². The molecule has 0 atom stereocenters. The summed E-state index contributed by atoms with van der Waals surface area (Å²) >= 11 is 0. The number of ether oxygens (including phenoxy) is 2. The van der Waals surface area contributed by atoms with Gasteiger partial charge in [0.1, 0.15) is 0 Å². The van der Waals surface area contributed by atoms with E-state index >= 15 is 0 Å². The van der Waals surface area contributed by atoms with E-state index in [0.29, 0.717) is 28.8 Å². The van der Waals surface area contributed by atoms with E-state index in [4.69, 9.17) is 9.47 Å². The summed E-state index contributed by atoms with van der Waals surface area (Å²) in [5.41, 5.74) is 1.12. The van der Waals surface area contributed by atoms with E-state index in [1.165, 1.54) is 0 Å². The third-order valence-corrected chi connectivity index (χ3v) is 3.93. The van der Waals surface area contributed by atoms with Gasteiger partial charge in [0.2, 0.25) is 5.95 Å². The summed E-state index contributed by atoms with van der Waals surface area (Å²) in [6.45, 7) is 1.96. The van der Waals surface area contributed by atoms with Crippen molar-refractivity contribution >= 4 is 23.4 Å². The molecule has 2 heterocycles. The Morgan fingerprint density at radius 1 is 1.00 bits per heavy atom. The summed E-state index contributed by atoms with van der Waals surface area (Å²) < 4.78 is 10.4. The Morgan fingerprint density at radius 3 is 2.28 bits per heavy atom. The maximum atomic E-state index is 12.1. The fourth-order valence-electron chi connectivity index (χ4n) is 2.67. The number of methoxy groups -OCH3 is 2. The van der Waals surface area contributed by atoms with Crippen LogP contribution in [-0.4, -0.2) is 43.3 Å². The highest BCUT2D eigenvalue weighted by molar-refractivity contribution is 5.99. The normalized spacial score (nSPS) is 13.4. The van der Waals surface area contributed by atoms with Crippen LogP contribution in [0.25, 0.3) is 0 Å². The summed E-state index contributed by atoms with van der Waals surface area (Å²) in [6.07, 6.45) is 5.54. The molecule has 0 radical (unpaired) electrons. The number of rotatable bonds is 5. The molecule has 0 saturated carbocycles. The molecule has 1 fully saturated rings. The second-order valence-corrected chi connectivity index (χ2v) is 5.61. The Kier molecular flexibility index (Phi) is 5.17. The number of anilines is 3. The maximum absolute atomic E-state index is 12.1. The Bertz CT molecular complexity index is 730. The van der Waals surface area contributed by atoms with Crippen LogP contribution in [0.1, 0.15) is 12.8 Å². The molecule has 1 aromatic carbocycles. The van der Waals surface area contributed by atoms with Crippen molar-refractivity contribution in [3.8, 4) is 11.5 Å². The van der Waals surface area contributed by atoms with Gasteiger partial charge in [-0.2, -0.15) is 0 Å². The molecule has 2 aromatic rings. The molecule has 2 amide bonds. The molecule has 0 bridgehead atoms. The molecule has 132 valence electrons. The first-order valence-corrected chi connectivity index (χ1v) is 8.06. The lowest BCUT2D eigenvalue weighted by Crippen LogP contribution is -2.22. The predicted molar refractivity (Wildman–Crippen MR) is 95.7 cm³/mol. The molecule has 1 aliphatic heterocycles. The van der Waals surface area contributed by atoms with Gasteiger partial charge in [0, 0.05) is 24.8 Å². The van der Waals surface area contributed by atoms with E-state index in [9.17, 15) is 4.79 Å². The van der Waals surface area contributed by atoms with E-state index in [1.54, 1.807) is 44.8 Å². The number of benzene rings is 1. The highest BCUT2D eigenvalue weighted by Crippen LogP contribution is 2.29. The van der Waals surface area contributed by atoms with Crippen LogP contribution in [0.2, 0.25) is 0 Å². The van der Waals surface area contributed by atoms with Crippen LogP contribution in [0.15, 0.2) is 30.6 Å². The molecule has 8 heteroatoms. The van der Waals surface area contributed by atoms with Gasteiger partial charge in [-0.3, -0.25) is 0 Å². The van der Waals surface area contributed by atoms with Crippen molar-refractivity contribution < 1.29 is 14.3 Å². The minimum atomic E-state index is -0.384. The van der Waals surface area contributed by atoms with Crippen LogP contribution in [0.4, 0.5) is 22.1 Å². The second kappa shape index (κ2) is 7.69.